The largest absolute Gasteiger partial charge is 0.496 e. The average Bonchev–Trinajstić information content (AvgIpc) is 2.53. The number of fused-ring (bicyclic) bond motifs is 1. The Kier molecular flexibility index (Phi) is 2.80. The van der Waals surface area contributed by atoms with Crippen LogP contribution in [-0.4, -0.2) is 13.7 Å². The van der Waals surface area contributed by atoms with Crippen molar-refractivity contribution in [2.75, 3.05) is 19.0 Å². The van der Waals surface area contributed by atoms with Crippen molar-refractivity contribution in [3.05, 3.63) is 22.8 Å². The molecule has 1 N–H and O–H groups in total. The zero-order valence-corrected chi connectivity index (χ0v) is 11.4. The van der Waals surface area contributed by atoms with Gasteiger partial charge in [0.25, 0.3) is 5.92 Å². The van der Waals surface area contributed by atoms with E-state index in [4.69, 9.17) is 4.74 Å². The minimum Gasteiger partial charge on any atom is -0.496 e. The van der Waals surface area contributed by atoms with Gasteiger partial charge in [0.05, 0.1) is 19.2 Å². The molecule has 1 aromatic rings. The van der Waals surface area contributed by atoms with Crippen molar-refractivity contribution in [2.45, 2.75) is 39.0 Å². The van der Waals surface area contributed by atoms with E-state index in [-0.39, 0.29) is 12.1 Å². The van der Waals surface area contributed by atoms with Crippen molar-refractivity contribution in [1.82, 2.24) is 0 Å². The number of anilines is 1. The highest BCUT2D eigenvalue weighted by Crippen LogP contribution is 2.50. The highest BCUT2D eigenvalue weighted by molar-refractivity contribution is 5.70. The van der Waals surface area contributed by atoms with E-state index >= 15 is 0 Å². The number of hydrogen-bond donors (Lipinski definition) is 1. The Hall–Kier alpha value is -1.32. The molecular weight excluding hydrogens is 236 g/mol. The molecule has 18 heavy (non-hydrogen) atoms. The molecule has 1 aliphatic rings. The molecule has 1 aliphatic heterocycles. The monoisotopic (exact) mass is 255 g/mol. The number of halogens is 2. The second-order valence-corrected chi connectivity index (χ2v) is 5.83. The summed E-state index contributed by atoms with van der Waals surface area (Å²) in [6, 6.07) is 1.83. The van der Waals surface area contributed by atoms with E-state index in [1.54, 1.807) is 0 Å². The van der Waals surface area contributed by atoms with Gasteiger partial charge in [0.1, 0.15) is 5.75 Å². The minimum absolute atomic E-state index is 0.104. The molecule has 0 unspecified atom stereocenters. The summed E-state index contributed by atoms with van der Waals surface area (Å²) in [5.41, 5.74) is 1.67. The molecule has 0 aliphatic carbocycles. The Labute approximate surface area is 106 Å². The van der Waals surface area contributed by atoms with Gasteiger partial charge in [-0.1, -0.05) is 20.8 Å². The van der Waals surface area contributed by atoms with E-state index in [1.807, 2.05) is 33.8 Å². The maximum Gasteiger partial charge on any atom is 0.292 e. The van der Waals surface area contributed by atoms with Crippen LogP contribution in [-0.2, 0) is 11.3 Å². The average molecular weight is 255 g/mol. The van der Waals surface area contributed by atoms with Gasteiger partial charge in [0, 0.05) is 11.3 Å². The second-order valence-electron chi connectivity index (χ2n) is 5.83. The maximum atomic E-state index is 14.1. The number of nitrogens with one attached hydrogen (secondary N) is 1. The first-order valence-electron chi connectivity index (χ1n) is 6.02. The van der Waals surface area contributed by atoms with Gasteiger partial charge in [-0.25, -0.2) is 0 Å². The second kappa shape index (κ2) is 3.84. The van der Waals surface area contributed by atoms with Gasteiger partial charge in [0.2, 0.25) is 0 Å². The third kappa shape index (κ3) is 1.84. The number of aryl methyl sites for hydroxylation is 1. The third-order valence-corrected chi connectivity index (χ3v) is 3.31. The molecule has 4 heteroatoms. The van der Waals surface area contributed by atoms with Crippen molar-refractivity contribution in [2.24, 2.45) is 0 Å². The van der Waals surface area contributed by atoms with Crippen LogP contribution >= 0.6 is 0 Å². The van der Waals surface area contributed by atoms with Crippen LogP contribution in [0.4, 0.5) is 14.5 Å². The zero-order valence-electron chi connectivity index (χ0n) is 11.4. The lowest BCUT2D eigenvalue weighted by Gasteiger charge is -2.27. The maximum absolute atomic E-state index is 14.1. The van der Waals surface area contributed by atoms with Crippen LogP contribution in [0.5, 0.6) is 5.75 Å². The fourth-order valence-corrected chi connectivity index (χ4v) is 2.57. The molecule has 100 valence electrons. The molecule has 1 heterocycles. The molecule has 0 atom stereocenters. The zero-order chi connectivity index (χ0) is 13.7. The Bertz CT molecular complexity index is 490. The molecule has 0 saturated heterocycles. The van der Waals surface area contributed by atoms with Crippen molar-refractivity contribution >= 4 is 5.69 Å². The van der Waals surface area contributed by atoms with Gasteiger partial charge in [-0.05, 0) is 24.0 Å². The molecular formula is C14H19F2NO. The van der Waals surface area contributed by atoms with E-state index in [0.717, 1.165) is 5.56 Å². The van der Waals surface area contributed by atoms with Crippen molar-refractivity contribution in [3.8, 4) is 5.75 Å². The Morgan fingerprint density at radius 3 is 2.44 bits per heavy atom. The van der Waals surface area contributed by atoms with Gasteiger partial charge in [0.15, 0.2) is 0 Å². The van der Waals surface area contributed by atoms with Crippen molar-refractivity contribution < 1.29 is 13.5 Å². The molecule has 0 saturated carbocycles. The molecule has 0 aromatic heterocycles. The van der Waals surface area contributed by atoms with E-state index in [1.165, 1.54) is 7.11 Å². The van der Waals surface area contributed by atoms with E-state index in [9.17, 15) is 8.78 Å². The van der Waals surface area contributed by atoms with Crippen LogP contribution in [0.15, 0.2) is 6.07 Å². The van der Waals surface area contributed by atoms with Gasteiger partial charge in [-0.2, -0.15) is 8.78 Å². The van der Waals surface area contributed by atoms with Crippen molar-refractivity contribution in [3.63, 3.8) is 0 Å². The molecule has 2 nitrogen and oxygen atoms in total. The van der Waals surface area contributed by atoms with Crippen molar-refractivity contribution in [1.29, 1.82) is 0 Å². The minimum atomic E-state index is -2.84. The summed E-state index contributed by atoms with van der Waals surface area (Å²) in [6.07, 6.45) is 0. The number of rotatable bonds is 1. The van der Waals surface area contributed by atoms with Gasteiger partial charge in [-0.3, -0.25) is 0 Å². The summed E-state index contributed by atoms with van der Waals surface area (Å²) in [4.78, 5) is 0. The van der Waals surface area contributed by atoms with Crippen LogP contribution in [0.25, 0.3) is 0 Å². The first-order valence-corrected chi connectivity index (χ1v) is 6.02. The van der Waals surface area contributed by atoms with Gasteiger partial charge >= 0.3 is 0 Å². The number of alkyl halides is 2. The smallest absolute Gasteiger partial charge is 0.292 e. The van der Waals surface area contributed by atoms with E-state index < -0.39 is 11.3 Å². The number of benzene rings is 1. The molecule has 0 fully saturated rings. The normalized spacial score (nSPS) is 17.3. The standard InChI is InChI=1S/C14H19F2NO/c1-8-6-9(18-5)10(13(2,3)4)11-12(8)17-7-14(11,15)16/h6,17H,7H2,1-5H3. The molecule has 2 rings (SSSR count). The SMILES string of the molecule is COc1cc(C)c2c(c1C(C)(C)C)C(F)(F)CN2. The first kappa shape index (κ1) is 13.1. The summed E-state index contributed by atoms with van der Waals surface area (Å²) in [6.45, 7) is 7.26. The Balaban J connectivity index is 2.83. The number of methoxy groups -OCH3 is 1. The van der Waals surface area contributed by atoms with E-state index in [0.29, 0.717) is 17.0 Å². The quantitative estimate of drug-likeness (QED) is 0.823. The number of hydrogen-bond acceptors (Lipinski definition) is 2. The highest BCUT2D eigenvalue weighted by Gasteiger charge is 2.45. The van der Waals surface area contributed by atoms with E-state index in [2.05, 4.69) is 5.32 Å². The first-order chi connectivity index (χ1) is 8.18. The van der Waals surface area contributed by atoms with Crippen LogP contribution in [0.2, 0.25) is 0 Å². The van der Waals surface area contributed by atoms with Gasteiger partial charge < -0.3 is 10.1 Å². The molecule has 0 amide bonds. The molecule has 0 radical (unpaired) electrons. The summed E-state index contributed by atoms with van der Waals surface area (Å²) in [5.74, 6) is -2.29. The van der Waals surface area contributed by atoms with Gasteiger partial charge in [-0.15, -0.1) is 0 Å². The van der Waals surface area contributed by atoms with Crippen LogP contribution in [0.3, 0.4) is 0 Å². The lowest BCUT2D eigenvalue weighted by molar-refractivity contribution is 0.0166. The summed E-state index contributed by atoms with van der Waals surface area (Å²) in [5, 5.41) is 2.82. The Morgan fingerprint density at radius 1 is 1.33 bits per heavy atom. The van der Waals surface area contributed by atoms with Crippen LogP contribution in [0.1, 0.15) is 37.5 Å². The number of ether oxygens (including phenoxy) is 1. The summed E-state index contributed by atoms with van der Waals surface area (Å²) >= 11 is 0. The highest BCUT2D eigenvalue weighted by atomic mass is 19.3. The fourth-order valence-electron chi connectivity index (χ4n) is 2.57. The third-order valence-electron chi connectivity index (χ3n) is 3.31. The predicted molar refractivity (Wildman–Crippen MR) is 68.8 cm³/mol. The predicted octanol–water partition coefficient (Wildman–Crippen LogP) is 3.82. The molecule has 1 aromatic carbocycles. The topological polar surface area (TPSA) is 21.3 Å². The fraction of sp³-hybridized carbons (Fsp3) is 0.571. The summed E-state index contributed by atoms with van der Waals surface area (Å²) in [7, 11) is 1.52. The van der Waals surface area contributed by atoms with Crippen LogP contribution in [0, 0.1) is 6.92 Å². The summed E-state index contributed by atoms with van der Waals surface area (Å²) < 4.78 is 33.5. The van der Waals surface area contributed by atoms with Crippen LogP contribution < -0.4 is 10.1 Å². The lowest BCUT2D eigenvalue weighted by atomic mass is 9.80. The molecule has 0 spiro atoms. The molecule has 0 bridgehead atoms. The Morgan fingerprint density at radius 2 is 1.94 bits per heavy atom. The lowest BCUT2D eigenvalue weighted by Crippen LogP contribution is -2.23.